The molecule has 0 unspecified atom stereocenters. The lowest BCUT2D eigenvalue weighted by molar-refractivity contribution is 0.0936. The first-order valence-corrected chi connectivity index (χ1v) is 6.28. The summed E-state index contributed by atoms with van der Waals surface area (Å²) in [4.78, 5) is 11.9. The summed E-state index contributed by atoms with van der Waals surface area (Å²) >= 11 is 0. The molecule has 1 saturated carbocycles. The molecule has 0 radical (unpaired) electrons. The van der Waals surface area contributed by atoms with Crippen LogP contribution in [0.2, 0.25) is 0 Å². The number of nitrogens with one attached hydrogen (secondary N) is 1. The molecule has 2 rings (SSSR count). The Morgan fingerprint density at radius 1 is 1.50 bits per heavy atom. The number of hydrogen-bond donors (Lipinski definition) is 2. The van der Waals surface area contributed by atoms with Crippen LogP contribution in [0.5, 0.6) is 0 Å². The monoisotopic (exact) mass is 250 g/mol. The van der Waals surface area contributed by atoms with Crippen LogP contribution < -0.4 is 11.1 Å². The van der Waals surface area contributed by atoms with E-state index in [0.717, 1.165) is 12.8 Å². The average Bonchev–Trinajstić information content (AvgIpc) is 3.07. The van der Waals surface area contributed by atoms with Crippen molar-refractivity contribution in [3.8, 4) is 0 Å². The summed E-state index contributed by atoms with van der Waals surface area (Å²) < 4.78 is 13.6. The number of nitrogens with two attached hydrogens (primary N) is 1. The molecule has 0 spiro atoms. The van der Waals surface area contributed by atoms with Gasteiger partial charge in [-0.2, -0.15) is 0 Å². The molecule has 1 aliphatic rings. The Labute approximate surface area is 107 Å². The van der Waals surface area contributed by atoms with Gasteiger partial charge in [0.05, 0.1) is 5.56 Å². The highest BCUT2D eigenvalue weighted by molar-refractivity contribution is 5.94. The van der Waals surface area contributed by atoms with Crippen LogP contribution in [0.1, 0.15) is 37.0 Å². The second-order valence-electron chi connectivity index (χ2n) is 5.44. The zero-order valence-electron chi connectivity index (χ0n) is 10.8. The lowest BCUT2D eigenvalue weighted by Gasteiger charge is -2.20. The number of benzene rings is 1. The van der Waals surface area contributed by atoms with Crippen molar-refractivity contribution in [1.82, 2.24) is 5.32 Å². The third-order valence-electron chi connectivity index (χ3n) is 3.96. The Bertz CT molecular complexity index is 467. The van der Waals surface area contributed by atoms with E-state index in [-0.39, 0.29) is 16.9 Å². The molecule has 3 N–H and O–H groups in total. The Morgan fingerprint density at radius 3 is 2.67 bits per heavy atom. The van der Waals surface area contributed by atoms with E-state index in [1.165, 1.54) is 18.2 Å². The van der Waals surface area contributed by atoms with Crippen LogP contribution in [0.15, 0.2) is 18.2 Å². The summed E-state index contributed by atoms with van der Waals surface area (Å²) in [6, 6.07) is 4.13. The van der Waals surface area contributed by atoms with Crippen LogP contribution in [-0.4, -0.2) is 12.5 Å². The van der Waals surface area contributed by atoms with Crippen LogP contribution in [0, 0.1) is 17.2 Å². The minimum atomic E-state index is -0.568. The zero-order chi connectivity index (χ0) is 13.3. The molecule has 98 valence electrons. The Hall–Kier alpha value is -1.58. The molecule has 1 aromatic rings. The molecule has 1 fully saturated rings. The summed E-state index contributed by atoms with van der Waals surface area (Å²) in [6.45, 7) is 4.93. The molecule has 18 heavy (non-hydrogen) atoms. The van der Waals surface area contributed by atoms with Crippen LogP contribution >= 0.6 is 0 Å². The second-order valence-corrected chi connectivity index (χ2v) is 5.44. The maximum atomic E-state index is 13.6. The van der Waals surface area contributed by atoms with Gasteiger partial charge in [0.25, 0.3) is 5.91 Å². The average molecular weight is 250 g/mol. The zero-order valence-corrected chi connectivity index (χ0v) is 10.8. The summed E-state index contributed by atoms with van der Waals surface area (Å²) in [7, 11) is 0. The molecule has 1 aliphatic carbocycles. The number of amides is 1. The number of hydrogen-bond acceptors (Lipinski definition) is 2. The lowest BCUT2D eigenvalue weighted by atomic mass is 9.92. The van der Waals surface area contributed by atoms with Gasteiger partial charge in [-0.05, 0) is 42.4 Å². The molecule has 4 heteroatoms. The molecule has 1 amide bonds. The van der Waals surface area contributed by atoms with Crippen molar-refractivity contribution in [3.05, 3.63) is 29.6 Å². The van der Waals surface area contributed by atoms with E-state index in [1.54, 1.807) is 0 Å². The van der Waals surface area contributed by atoms with Crippen LogP contribution in [0.25, 0.3) is 0 Å². The Morgan fingerprint density at radius 2 is 2.17 bits per heavy atom. The summed E-state index contributed by atoms with van der Waals surface area (Å²) in [5, 5.41) is 2.82. The van der Waals surface area contributed by atoms with Gasteiger partial charge in [-0.1, -0.05) is 13.8 Å². The van der Waals surface area contributed by atoms with E-state index >= 15 is 0 Å². The largest absolute Gasteiger partial charge is 0.399 e. The number of rotatable bonds is 4. The quantitative estimate of drug-likeness (QED) is 0.807. The van der Waals surface area contributed by atoms with Gasteiger partial charge in [0.15, 0.2) is 0 Å². The Kier molecular flexibility index (Phi) is 3.28. The topological polar surface area (TPSA) is 55.1 Å². The van der Waals surface area contributed by atoms with E-state index in [1.807, 2.05) is 0 Å². The van der Waals surface area contributed by atoms with Crippen molar-refractivity contribution >= 4 is 11.6 Å². The van der Waals surface area contributed by atoms with Crippen LogP contribution in [0.4, 0.5) is 10.1 Å². The number of nitrogen functional groups attached to an aromatic ring is 1. The van der Waals surface area contributed by atoms with E-state index in [2.05, 4.69) is 19.2 Å². The SMILES string of the molecule is CC(C)C1(CNC(=O)c2ccc(N)cc2F)CC1. The van der Waals surface area contributed by atoms with Crippen molar-refractivity contribution in [2.75, 3.05) is 12.3 Å². The third-order valence-corrected chi connectivity index (χ3v) is 3.96. The maximum Gasteiger partial charge on any atom is 0.254 e. The first-order chi connectivity index (χ1) is 8.44. The van der Waals surface area contributed by atoms with Gasteiger partial charge in [-0.25, -0.2) is 4.39 Å². The predicted molar refractivity (Wildman–Crippen MR) is 69.7 cm³/mol. The fraction of sp³-hybridized carbons (Fsp3) is 0.500. The molecule has 0 saturated heterocycles. The van der Waals surface area contributed by atoms with Crippen LogP contribution in [0.3, 0.4) is 0 Å². The van der Waals surface area contributed by atoms with E-state index in [0.29, 0.717) is 18.2 Å². The predicted octanol–water partition coefficient (Wildman–Crippen LogP) is 2.57. The highest BCUT2D eigenvalue weighted by Crippen LogP contribution is 2.51. The van der Waals surface area contributed by atoms with Gasteiger partial charge in [0.1, 0.15) is 5.82 Å². The van der Waals surface area contributed by atoms with E-state index in [4.69, 9.17) is 5.73 Å². The minimum Gasteiger partial charge on any atom is -0.399 e. The van der Waals surface area contributed by atoms with Gasteiger partial charge in [0, 0.05) is 12.2 Å². The normalized spacial score (nSPS) is 16.7. The van der Waals surface area contributed by atoms with Crippen molar-refractivity contribution in [3.63, 3.8) is 0 Å². The minimum absolute atomic E-state index is 0.0590. The number of halogens is 1. The first-order valence-electron chi connectivity index (χ1n) is 6.28. The van der Waals surface area contributed by atoms with Crippen molar-refractivity contribution in [2.24, 2.45) is 11.3 Å². The Balaban J connectivity index is 2.00. The van der Waals surface area contributed by atoms with Crippen molar-refractivity contribution < 1.29 is 9.18 Å². The maximum absolute atomic E-state index is 13.6. The molecule has 0 bridgehead atoms. The fourth-order valence-electron chi connectivity index (χ4n) is 2.19. The van der Waals surface area contributed by atoms with E-state index < -0.39 is 5.82 Å². The lowest BCUT2D eigenvalue weighted by Crippen LogP contribution is -2.33. The smallest absolute Gasteiger partial charge is 0.254 e. The van der Waals surface area contributed by atoms with Crippen molar-refractivity contribution in [2.45, 2.75) is 26.7 Å². The number of carbonyl (C=O) groups excluding carboxylic acids is 1. The highest BCUT2D eigenvalue weighted by Gasteiger charge is 2.45. The molecule has 0 atom stereocenters. The molecular weight excluding hydrogens is 231 g/mol. The van der Waals surface area contributed by atoms with E-state index in [9.17, 15) is 9.18 Å². The summed E-state index contributed by atoms with van der Waals surface area (Å²) in [6.07, 6.45) is 2.27. The molecule has 0 aliphatic heterocycles. The molecular formula is C14H19FN2O. The number of anilines is 1. The van der Waals surface area contributed by atoms with Gasteiger partial charge in [-0.3, -0.25) is 4.79 Å². The van der Waals surface area contributed by atoms with Crippen LogP contribution in [-0.2, 0) is 0 Å². The van der Waals surface area contributed by atoms with Gasteiger partial charge >= 0.3 is 0 Å². The van der Waals surface area contributed by atoms with Gasteiger partial charge < -0.3 is 11.1 Å². The molecule has 0 aromatic heterocycles. The summed E-state index contributed by atoms with van der Waals surface area (Å²) in [5.41, 5.74) is 6.05. The molecule has 1 aromatic carbocycles. The highest BCUT2D eigenvalue weighted by atomic mass is 19.1. The van der Waals surface area contributed by atoms with Gasteiger partial charge in [0.2, 0.25) is 0 Å². The molecule has 3 nitrogen and oxygen atoms in total. The van der Waals surface area contributed by atoms with Gasteiger partial charge in [-0.15, -0.1) is 0 Å². The second kappa shape index (κ2) is 4.59. The fourth-order valence-corrected chi connectivity index (χ4v) is 2.19. The number of carbonyl (C=O) groups is 1. The summed E-state index contributed by atoms with van der Waals surface area (Å²) in [5.74, 6) is -0.393. The standard InChI is InChI=1S/C14H19FN2O/c1-9(2)14(5-6-14)8-17-13(18)11-4-3-10(16)7-12(11)15/h3-4,7,9H,5-6,8,16H2,1-2H3,(H,17,18). The first kappa shape index (κ1) is 12.9. The third kappa shape index (κ3) is 2.47. The molecule has 0 heterocycles. The van der Waals surface area contributed by atoms with Crippen molar-refractivity contribution in [1.29, 1.82) is 0 Å².